The summed E-state index contributed by atoms with van der Waals surface area (Å²) >= 11 is 0. The van der Waals surface area contributed by atoms with Gasteiger partial charge in [-0.05, 0) is 102 Å². The zero-order chi connectivity index (χ0) is 68.9. The predicted molar refractivity (Wildman–Crippen MR) is 394 cm³/mol. The lowest BCUT2D eigenvalue weighted by atomic mass is 9.90. The fourth-order valence-corrected chi connectivity index (χ4v) is 12.8. The van der Waals surface area contributed by atoms with E-state index in [1.165, 1.54) is 219 Å². The normalized spacial score (nSPS) is 13.9. The highest BCUT2D eigenvalue weighted by Gasteiger charge is 2.27. The molecule has 0 radical (unpaired) electrons. The van der Waals surface area contributed by atoms with Crippen LogP contribution in [0.1, 0.15) is 395 Å². The molecule has 0 fully saturated rings. The molecule has 0 rings (SSSR count). The van der Waals surface area contributed by atoms with Crippen molar-refractivity contribution in [3.05, 3.63) is 36.5 Å². The average Bonchev–Trinajstić information content (AvgIpc) is 1.70. The van der Waals surface area contributed by atoms with Crippen LogP contribution in [0.3, 0.4) is 0 Å². The summed E-state index contributed by atoms with van der Waals surface area (Å²) in [7, 11) is -4.37. The van der Waals surface area contributed by atoms with Crippen molar-refractivity contribution in [3.63, 3.8) is 0 Å². The molecule has 0 aromatic rings. The number of rotatable bonds is 73. The zero-order valence-corrected chi connectivity index (χ0v) is 62.9. The number of hydrogen-bond donors (Lipinski definition) is 3. The number of aliphatic hydroxyl groups is 1. The molecule has 0 bridgehead atoms. The monoisotopic (exact) mass is 1350 g/mol. The second-order valence-corrected chi connectivity index (χ2v) is 29.4. The summed E-state index contributed by atoms with van der Waals surface area (Å²) in [5, 5.41) is 13.8. The maximum Gasteiger partial charge on any atom is 0.472 e. The molecule has 0 saturated heterocycles. The van der Waals surface area contributed by atoms with E-state index >= 15 is 0 Å². The Hall–Kier alpha value is -2.83. The Morgan fingerprint density at radius 3 is 1.21 bits per heavy atom. The number of hydrogen-bond acceptors (Lipinski definition) is 11. The van der Waals surface area contributed by atoms with Gasteiger partial charge < -0.3 is 29.5 Å². The van der Waals surface area contributed by atoms with Gasteiger partial charge in [0.25, 0.3) is 0 Å². The van der Waals surface area contributed by atoms with E-state index in [0.29, 0.717) is 31.6 Å². The van der Waals surface area contributed by atoms with Crippen LogP contribution in [-0.4, -0.2) is 78.5 Å². The van der Waals surface area contributed by atoms with Crippen LogP contribution in [0.4, 0.5) is 0 Å². The molecule has 0 aromatic carbocycles. The van der Waals surface area contributed by atoms with E-state index in [9.17, 15) is 33.7 Å². The van der Waals surface area contributed by atoms with Crippen molar-refractivity contribution in [3.8, 4) is 0 Å². The van der Waals surface area contributed by atoms with Crippen molar-refractivity contribution < 1.29 is 57.0 Å². The number of aliphatic hydroxyl groups excluding tert-OH is 1. The van der Waals surface area contributed by atoms with Crippen LogP contribution >= 0.6 is 7.82 Å². The van der Waals surface area contributed by atoms with Gasteiger partial charge in [-0.15, -0.1) is 0 Å². The van der Waals surface area contributed by atoms with Gasteiger partial charge in [-0.1, -0.05) is 315 Å². The molecular formula is C80H150NO12P. The van der Waals surface area contributed by atoms with Crippen LogP contribution < -0.4 is 5.32 Å². The number of nitrogens with one attached hydrogen (secondary N) is 1. The topological polar surface area (TPSA) is 184 Å². The number of carbonyl (C=O) groups excluding carboxylic acids is 4. The Morgan fingerprint density at radius 2 is 0.798 bits per heavy atom. The Labute approximate surface area is 578 Å². The van der Waals surface area contributed by atoms with Crippen molar-refractivity contribution in [2.75, 3.05) is 26.4 Å². The van der Waals surface area contributed by atoms with Crippen LogP contribution in [0.2, 0.25) is 0 Å². The average molecular weight is 1350 g/mol. The first kappa shape index (κ1) is 91.2. The summed E-state index contributed by atoms with van der Waals surface area (Å²) in [4.78, 5) is 60.0. The Bertz CT molecular complexity index is 1840. The maximum atomic E-state index is 12.8. The first-order valence-electron chi connectivity index (χ1n) is 39.8. The zero-order valence-electron chi connectivity index (χ0n) is 62.0. The minimum absolute atomic E-state index is 0.0324. The van der Waals surface area contributed by atoms with Gasteiger partial charge in [0, 0.05) is 26.2 Å². The quantitative estimate of drug-likeness (QED) is 0.0172. The molecule has 1 amide bonds. The van der Waals surface area contributed by atoms with Crippen molar-refractivity contribution >= 4 is 31.6 Å². The Kier molecular flexibility index (Phi) is 67.9. The minimum atomic E-state index is -4.37. The third kappa shape index (κ3) is 67.7. The SMILES string of the molecule is CCCCCCCC/C=C\CCCCCCCC(=O)OC(COC(=O)CCCCCCC/C=C\CCCCCCCCC(CCC)CCCCCCCCC/C=C/[C@H](O)[C@@H](COC(C)=O)NC(=O)CCCCCCCCCCCCCCC)COP(=O)(O)OCCC(C)C. The van der Waals surface area contributed by atoms with Gasteiger partial charge in [0.15, 0.2) is 6.10 Å². The molecule has 3 N–H and O–H groups in total. The lowest BCUT2D eigenvalue weighted by molar-refractivity contribution is -0.161. The van der Waals surface area contributed by atoms with Crippen molar-refractivity contribution in [1.29, 1.82) is 0 Å². The second-order valence-electron chi connectivity index (χ2n) is 28.0. The molecule has 5 atom stereocenters. The molecule has 0 aliphatic rings. The third-order valence-electron chi connectivity index (χ3n) is 18.1. The highest BCUT2D eigenvalue weighted by Crippen LogP contribution is 2.43. The summed E-state index contributed by atoms with van der Waals surface area (Å²) in [5.41, 5.74) is 0. The van der Waals surface area contributed by atoms with Crippen molar-refractivity contribution in [1.82, 2.24) is 5.32 Å². The number of allylic oxidation sites excluding steroid dienone is 5. The van der Waals surface area contributed by atoms with Crippen LogP contribution in [0, 0.1) is 11.8 Å². The molecule has 3 unspecified atom stereocenters. The highest BCUT2D eigenvalue weighted by atomic mass is 31.2. The van der Waals surface area contributed by atoms with Gasteiger partial charge in [0.2, 0.25) is 5.91 Å². The van der Waals surface area contributed by atoms with E-state index < -0.39 is 44.6 Å². The molecule has 13 nitrogen and oxygen atoms in total. The minimum Gasteiger partial charge on any atom is -0.464 e. The summed E-state index contributed by atoms with van der Waals surface area (Å²) in [5.74, 6) is -0.165. The summed E-state index contributed by atoms with van der Waals surface area (Å²) < 4.78 is 39.1. The number of amides is 1. The number of ether oxygens (including phenoxy) is 3. The number of phosphoric acid groups is 1. The summed E-state index contributed by atoms with van der Waals surface area (Å²) in [6, 6.07) is -0.643. The smallest absolute Gasteiger partial charge is 0.464 e. The largest absolute Gasteiger partial charge is 0.472 e. The molecule has 0 heterocycles. The van der Waals surface area contributed by atoms with E-state index in [1.807, 2.05) is 19.9 Å². The maximum absolute atomic E-state index is 12.8. The third-order valence-corrected chi connectivity index (χ3v) is 19.1. The fraction of sp³-hybridized carbons (Fsp3) is 0.875. The molecule has 552 valence electrons. The van der Waals surface area contributed by atoms with Gasteiger partial charge in [0.05, 0.1) is 25.4 Å². The highest BCUT2D eigenvalue weighted by molar-refractivity contribution is 7.47. The van der Waals surface area contributed by atoms with E-state index in [0.717, 1.165) is 109 Å². The number of carbonyl (C=O) groups is 4. The summed E-state index contributed by atoms with van der Waals surface area (Å²) in [6.45, 7) is 11.6. The first-order valence-corrected chi connectivity index (χ1v) is 41.3. The molecule has 0 saturated carbocycles. The van der Waals surface area contributed by atoms with Gasteiger partial charge in [-0.3, -0.25) is 28.2 Å². The van der Waals surface area contributed by atoms with Gasteiger partial charge in [-0.25, -0.2) is 4.57 Å². The van der Waals surface area contributed by atoms with Crippen molar-refractivity contribution in [2.45, 2.75) is 413 Å². The van der Waals surface area contributed by atoms with E-state index in [1.54, 1.807) is 6.08 Å². The lowest BCUT2D eigenvalue weighted by Gasteiger charge is -2.21. The Balaban J connectivity index is 4.16. The van der Waals surface area contributed by atoms with E-state index in [-0.39, 0.29) is 44.5 Å². The van der Waals surface area contributed by atoms with Gasteiger partial charge in [0.1, 0.15) is 13.2 Å². The molecular weight excluding hydrogens is 1200 g/mol. The van der Waals surface area contributed by atoms with Gasteiger partial charge >= 0.3 is 25.7 Å². The molecule has 0 spiro atoms. The molecule has 0 aliphatic heterocycles. The molecule has 0 aliphatic carbocycles. The van der Waals surface area contributed by atoms with E-state index in [4.69, 9.17) is 23.3 Å². The second kappa shape index (κ2) is 70.0. The lowest BCUT2D eigenvalue weighted by Crippen LogP contribution is -2.46. The molecule has 0 aromatic heterocycles. The van der Waals surface area contributed by atoms with Crippen molar-refractivity contribution in [2.24, 2.45) is 11.8 Å². The van der Waals surface area contributed by atoms with E-state index in [2.05, 4.69) is 50.4 Å². The van der Waals surface area contributed by atoms with Crippen LogP contribution in [0.5, 0.6) is 0 Å². The molecule has 94 heavy (non-hydrogen) atoms. The van der Waals surface area contributed by atoms with Gasteiger partial charge in [-0.2, -0.15) is 0 Å². The standard InChI is InChI=1S/C80H150NO12P/c1-7-10-12-14-16-18-20-22-24-30-34-41-47-53-59-66-80(86)93-75(70-92-94(87,88)91-68-67-72(4)5)69-90-79(85)65-58-52-46-40-33-29-26-23-25-28-31-36-42-48-54-61-74(60-9-3)62-55-49-43-37-35-38-44-50-56-63-77(83)76(71-89-73(6)82)81-78(84)64-57-51-45-39-32-27-21-19-17-15-13-11-8-2/h22-24,26,56,63,72,74-77,83H,7-21,25,27-55,57-62,64-71H2,1-6H3,(H,81,84)(H,87,88)/b24-22-,26-23-,63-56+/t74?,75?,76-,77+/m1/s1. The summed E-state index contributed by atoms with van der Waals surface area (Å²) in [6.07, 6.45) is 74.4. The first-order chi connectivity index (χ1) is 45.7. The van der Waals surface area contributed by atoms with Crippen LogP contribution in [-0.2, 0) is 47.0 Å². The van der Waals surface area contributed by atoms with Crippen LogP contribution in [0.25, 0.3) is 0 Å². The van der Waals surface area contributed by atoms with Crippen LogP contribution in [0.15, 0.2) is 36.5 Å². The fourth-order valence-electron chi connectivity index (χ4n) is 12.1. The molecule has 14 heteroatoms. The Morgan fingerprint density at radius 1 is 0.415 bits per heavy atom. The number of phosphoric ester groups is 1. The predicted octanol–water partition coefficient (Wildman–Crippen LogP) is 23.4. The number of unbranched alkanes of at least 4 members (excludes halogenated alkanes) is 41. The number of esters is 3.